The van der Waals surface area contributed by atoms with E-state index < -0.39 is 10.0 Å². The highest BCUT2D eigenvalue weighted by Crippen LogP contribution is 2.33. The van der Waals surface area contributed by atoms with Gasteiger partial charge >= 0.3 is 0 Å². The standard InChI is InChI=1S/C13H17BrN2O2S3/c1-9(6-10-4-3-5-19-10)16(2)21(17,18)12-7-11(8-15)20-13(12)14/h3-5,7,9H,6,8,15H2,1-2H3. The maximum Gasteiger partial charge on any atom is 0.245 e. The molecule has 0 amide bonds. The van der Waals surface area contributed by atoms with Crippen LogP contribution in [0.15, 0.2) is 32.3 Å². The third-order valence-electron chi connectivity index (χ3n) is 3.26. The van der Waals surface area contributed by atoms with E-state index in [2.05, 4.69) is 15.9 Å². The zero-order valence-electron chi connectivity index (χ0n) is 11.7. The summed E-state index contributed by atoms with van der Waals surface area (Å²) in [6.45, 7) is 2.26. The zero-order valence-corrected chi connectivity index (χ0v) is 15.8. The van der Waals surface area contributed by atoms with E-state index in [1.54, 1.807) is 24.5 Å². The van der Waals surface area contributed by atoms with Gasteiger partial charge in [0.2, 0.25) is 10.0 Å². The number of nitrogens with zero attached hydrogens (tertiary/aromatic N) is 1. The van der Waals surface area contributed by atoms with Crippen molar-refractivity contribution in [3.05, 3.63) is 37.1 Å². The molecular formula is C13H17BrN2O2S3. The Morgan fingerprint density at radius 2 is 2.14 bits per heavy atom. The van der Waals surface area contributed by atoms with E-state index in [0.29, 0.717) is 21.6 Å². The molecular weight excluding hydrogens is 392 g/mol. The molecule has 2 aromatic heterocycles. The van der Waals surface area contributed by atoms with Crippen LogP contribution in [-0.2, 0) is 23.0 Å². The SMILES string of the molecule is CC(Cc1cccs1)N(C)S(=O)(=O)c1cc(CN)sc1Br. The van der Waals surface area contributed by atoms with Crippen LogP contribution in [-0.4, -0.2) is 25.8 Å². The van der Waals surface area contributed by atoms with Gasteiger partial charge in [-0.05, 0) is 46.8 Å². The van der Waals surface area contributed by atoms with Gasteiger partial charge in [-0.3, -0.25) is 0 Å². The molecule has 21 heavy (non-hydrogen) atoms. The van der Waals surface area contributed by atoms with Crippen LogP contribution in [0, 0.1) is 0 Å². The van der Waals surface area contributed by atoms with Crippen molar-refractivity contribution in [1.29, 1.82) is 0 Å². The summed E-state index contributed by atoms with van der Waals surface area (Å²) in [5.41, 5.74) is 5.58. The van der Waals surface area contributed by atoms with Gasteiger partial charge in [0, 0.05) is 29.4 Å². The number of nitrogens with two attached hydrogens (primary N) is 1. The summed E-state index contributed by atoms with van der Waals surface area (Å²) in [6.07, 6.45) is 0.707. The molecule has 0 radical (unpaired) electrons. The Morgan fingerprint density at radius 1 is 1.43 bits per heavy atom. The second kappa shape index (κ2) is 6.89. The molecule has 0 spiro atoms. The fourth-order valence-corrected chi connectivity index (χ4v) is 6.61. The molecule has 8 heteroatoms. The summed E-state index contributed by atoms with van der Waals surface area (Å²) in [6, 6.07) is 5.54. The Bertz CT molecular complexity index is 695. The van der Waals surface area contributed by atoms with Crippen molar-refractivity contribution < 1.29 is 8.42 Å². The predicted octanol–water partition coefficient (Wildman–Crippen LogP) is 3.28. The zero-order chi connectivity index (χ0) is 15.6. The van der Waals surface area contributed by atoms with Crippen LogP contribution in [0.3, 0.4) is 0 Å². The van der Waals surface area contributed by atoms with E-state index in [0.717, 1.165) is 4.88 Å². The lowest BCUT2D eigenvalue weighted by Crippen LogP contribution is -2.36. The molecule has 1 unspecified atom stereocenters. The van der Waals surface area contributed by atoms with E-state index >= 15 is 0 Å². The first-order valence-corrected chi connectivity index (χ1v) is 10.3. The first kappa shape index (κ1) is 17.1. The third kappa shape index (κ3) is 3.75. The smallest absolute Gasteiger partial charge is 0.245 e. The van der Waals surface area contributed by atoms with Crippen molar-refractivity contribution in [3.63, 3.8) is 0 Å². The molecule has 1 atom stereocenters. The molecule has 2 rings (SSSR count). The highest BCUT2D eigenvalue weighted by Gasteiger charge is 2.29. The van der Waals surface area contributed by atoms with Crippen LogP contribution in [0.1, 0.15) is 16.7 Å². The fourth-order valence-electron chi connectivity index (χ4n) is 1.91. The molecule has 2 N–H and O–H groups in total. The molecule has 0 aromatic carbocycles. The monoisotopic (exact) mass is 408 g/mol. The van der Waals surface area contributed by atoms with E-state index in [4.69, 9.17) is 5.73 Å². The Labute approximate surface area is 141 Å². The molecule has 116 valence electrons. The molecule has 0 fully saturated rings. The van der Waals surface area contributed by atoms with Crippen LogP contribution < -0.4 is 5.73 Å². The van der Waals surface area contributed by atoms with E-state index in [-0.39, 0.29) is 6.04 Å². The second-order valence-corrected chi connectivity index (χ2v) is 10.2. The normalized spacial score (nSPS) is 13.8. The van der Waals surface area contributed by atoms with Crippen LogP contribution in [0.4, 0.5) is 0 Å². The Balaban J connectivity index is 2.23. The van der Waals surface area contributed by atoms with Crippen LogP contribution in [0.25, 0.3) is 0 Å². The predicted molar refractivity (Wildman–Crippen MR) is 92.3 cm³/mol. The van der Waals surface area contributed by atoms with Crippen LogP contribution in [0.2, 0.25) is 0 Å². The highest BCUT2D eigenvalue weighted by atomic mass is 79.9. The summed E-state index contributed by atoms with van der Waals surface area (Å²) in [7, 11) is -1.89. The average molecular weight is 409 g/mol. The Kier molecular flexibility index (Phi) is 5.61. The highest BCUT2D eigenvalue weighted by molar-refractivity contribution is 9.11. The number of halogens is 1. The molecule has 2 aromatic rings. The van der Waals surface area contributed by atoms with E-state index in [9.17, 15) is 8.42 Å². The maximum atomic E-state index is 12.7. The van der Waals surface area contributed by atoms with Gasteiger partial charge in [-0.2, -0.15) is 4.31 Å². The number of likely N-dealkylation sites (N-methyl/N-ethyl adjacent to an activating group) is 1. The first-order valence-electron chi connectivity index (χ1n) is 6.35. The van der Waals surface area contributed by atoms with Gasteiger partial charge < -0.3 is 5.73 Å². The van der Waals surface area contributed by atoms with Gasteiger partial charge in [0.1, 0.15) is 4.90 Å². The molecule has 0 saturated heterocycles. The molecule has 0 saturated carbocycles. The third-order valence-corrected chi connectivity index (χ3v) is 8.41. The first-order chi connectivity index (χ1) is 9.86. The van der Waals surface area contributed by atoms with Crippen LogP contribution in [0.5, 0.6) is 0 Å². The summed E-state index contributed by atoms with van der Waals surface area (Å²) < 4.78 is 27.5. The number of thiophene rings is 2. The molecule has 0 bridgehead atoms. The van der Waals surface area contributed by atoms with E-state index in [1.807, 2.05) is 24.4 Å². The van der Waals surface area contributed by atoms with Crippen molar-refractivity contribution in [2.45, 2.75) is 30.8 Å². The number of hydrogen-bond acceptors (Lipinski definition) is 5. The molecule has 0 aliphatic rings. The molecule has 4 nitrogen and oxygen atoms in total. The number of hydrogen-bond donors (Lipinski definition) is 1. The van der Waals surface area contributed by atoms with Crippen molar-refractivity contribution in [2.75, 3.05) is 7.05 Å². The van der Waals surface area contributed by atoms with E-state index in [1.165, 1.54) is 20.5 Å². The van der Waals surface area contributed by atoms with Gasteiger partial charge in [-0.25, -0.2) is 8.42 Å². The van der Waals surface area contributed by atoms with Crippen molar-refractivity contribution in [3.8, 4) is 0 Å². The lowest BCUT2D eigenvalue weighted by Gasteiger charge is -2.23. The Hall–Kier alpha value is -0.250. The summed E-state index contributed by atoms with van der Waals surface area (Å²) in [5.74, 6) is 0. The molecule has 2 heterocycles. The lowest BCUT2D eigenvalue weighted by molar-refractivity contribution is 0.388. The molecule has 0 aliphatic carbocycles. The quantitative estimate of drug-likeness (QED) is 0.797. The Morgan fingerprint density at radius 3 is 2.67 bits per heavy atom. The van der Waals surface area contributed by atoms with Crippen molar-refractivity contribution in [1.82, 2.24) is 4.31 Å². The summed E-state index contributed by atoms with van der Waals surface area (Å²) in [5, 5.41) is 2.00. The summed E-state index contributed by atoms with van der Waals surface area (Å²) >= 11 is 6.34. The largest absolute Gasteiger partial charge is 0.326 e. The minimum absolute atomic E-state index is 0.109. The topological polar surface area (TPSA) is 63.4 Å². The lowest BCUT2D eigenvalue weighted by atomic mass is 10.2. The number of sulfonamides is 1. The minimum Gasteiger partial charge on any atom is -0.326 e. The van der Waals surface area contributed by atoms with Gasteiger partial charge in [0.15, 0.2) is 0 Å². The average Bonchev–Trinajstić information content (AvgIpc) is 3.07. The van der Waals surface area contributed by atoms with Gasteiger partial charge in [0.25, 0.3) is 0 Å². The van der Waals surface area contributed by atoms with Crippen molar-refractivity contribution >= 4 is 48.6 Å². The van der Waals surface area contributed by atoms with Crippen LogP contribution >= 0.6 is 38.6 Å². The van der Waals surface area contributed by atoms with Gasteiger partial charge in [-0.15, -0.1) is 22.7 Å². The van der Waals surface area contributed by atoms with Crippen molar-refractivity contribution in [2.24, 2.45) is 5.73 Å². The van der Waals surface area contributed by atoms with Gasteiger partial charge in [-0.1, -0.05) is 6.07 Å². The maximum absolute atomic E-state index is 12.7. The summed E-state index contributed by atoms with van der Waals surface area (Å²) in [4.78, 5) is 2.32. The fraction of sp³-hybridized carbons (Fsp3) is 0.385. The number of rotatable bonds is 6. The minimum atomic E-state index is -3.52. The molecule has 0 aliphatic heterocycles. The second-order valence-electron chi connectivity index (χ2n) is 4.71. The van der Waals surface area contributed by atoms with Gasteiger partial charge in [0.05, 0.1) is 3.79 Å².